The van der Waals surface area contributed by atoms with Gasteiger partial charge in [0.2, 0.25) is 5.91 Å². The Morgan fingerprint density at radius 2 is 2.30 bits per heavy atom. The largest absolute Gasteiger partial charge is 0.378 e. The van der Waals surface area contributed by atoms with Crippen LogP contribution >= 0.6 is 0 Å². The zero-order valence-electron chi connectivity index (χ0n) is 11.5. The van der Waals surface area contributed by atoms with Crippen LogP contribution in [0.15, 0.2) is 30.8 Å². The summed E-state index contributed by atoms with van der Waals surface area (Å²) in [5, 5.41) is 3.06. The molecule has 1 amide bonds. The van der Waals surface area contributed by atoms with Gasteiger partial charge < -0.3 is 10.1 Å². The third-order valence-corrected chi connectivity index (χ3v) is 3.91. The highest BCUT2D eigenvalue weighted by atomic mass is 16.5. The summed E-state index contributed by atoms with van der Waals surface area (Å²) in [7, 11) is 0. The van der Waals surface area contributed by atoms with Crippen LogP contribution in [0.5, 0.6) is 0 Å². The summed E-state index contributed by atoms with van der Waals surface area (Å²) >= 11 is 0. The quantitative estimate of drug-likeness (QED) is 0.901. The summed E-state index contributed by atoms with van der Waals surface area (Å²) in [6.45, 7) is 7.43. The van der Waals surface area contributed by atoms with Crippen molar-refractivity contribution in [1.29, 1.82) is 0 Å². The molecule has 2 aliphatic rings. The Morgan fingerprint density at radius 1 is 1.40 bits per heavy atom. The lowest BCUT2D eigenvalue weighted by molar-refractivity contribution is -0.125. The van der Waals surface area contributed by atoms with Crippen LogP contribution in [0.3, 0.4) is 0 Å². The van der Waals surface area contributed by atoms with Gasteiger partial charge in [-0.05, 0) is 11.1 Å². The normalized spacial score (nSPS) is 26.7. The predicted molar refractivity (Wildman–Crippen MR) is 78.0 cm³/mol. The Bertz CT molecular complexity index is 515. The van der Waals surface area contributed by atoms with Crippen molar-refractivity contribution in [2.75, 3.05) is 26.3 Å². The molecule has 106 valence electrons. The lowest BCUT2D eigenvalue weighted by Crippen LogP contribution is -2.41. The minimum absolute atomic E-state index is 0.0508. The monoisotopic (exact) mass is 272 g/mol. The van der Waals surface area contributed by atoms with E-state index in [4.69, 9.17) is 4.74 Å². The highest BCUT2D eigenvalue weighted by Gasteiger charge is 2.32. The Morgan fingerprint density at radius 3 is 3.15 bits per heavy atom. The van der Waals surface area contributed by atoms with E-state index in [0.29, 0.717) is 13.2 Å². The van der Waals surface area contributed by atoms with Gasteiger partial charge in [0.15, 0.2) is 0 Å². The minimum Gasteiger partial charge on any atom is -0.378 e. The number of benzene rings is 1. The van der Waals surface area contributed by atoms with E-state index in [1.165, 1.54) is 5.56 Å². The molecule has 0 unspecified atom stereocenters. The summed E-state index contributed by atoms with van der Waals surface area (Å²) in [6, 6.07) is 8.49. The van der Waals surface area contributed by atoms with Gasteiger partial charge in [-0.2, -0.15) is 0 Å². The van der Waals surface area contributed by atoms with Gasteiger partial charge in [-0.3, -0.25) is 9.69 Å². The Kier molecular flexibility index (Phi) is 3.85. The molecule has 2 atom stereocenters. The molecule has 20 heavy (non-hydrogen) atoms. The molecule has 1 aromatic rings. The predicted octanol–water partition coefficient (Wildman–Crippen LogP) is 1.28. The number of carbonyl (C=O) groups is 1. The smallest absolute Gasteiger partial charge is 0.227 e. The van der Waals surface area contributed by atoms with Gasteiger partial charge >= 0.3 is 0 Å². The van der Waals surface area contributed by atoms with Crippen LogP contribution in [0.25, 0.3) is 6.08 Å². The van der Waals surface area contributed by atoms with Crippen LogP contribution in [0.1, 0.15) is 11.1 Å². The number of ether oxygens (including phenoxy) is 1. The molecule has 2 aliphatic heterocycles. The number of nitrogens with one attached hydrogen (secondary N) is 1. The van der Waals surface area contributed by atoms with Gasteiger partial charge in [-0.15, -0.1) is 0 Å². The molecule has 0 saturated carbocycles. The van der Waals surface area contributed by atoms with Gasteiger partial charge in [0, 0.05) is 19.6 Å². The average molecular weight is 272 g/mol. The SMILES string of the molecule is C=Cc1cccc(CN2C[C@H]3COC[C@@H](C2)C(=O)N3)c1. The second-order valence-corrected chi connectivity index (χ2v) is 5.58. The molecule has 2 fully saturated rings. The number of nitrogens with zero attached hydrogens (tertiary/aromatic N) is 1. The Balaban J connectivity index is 1.74. The number of hydrogen-bond donors (Lipinski definition) is 1. The van der Waals surface area contributed by atoms with Crippen LogP contribution in [0.2, 0.25) is 0 Å². The first-order valence-corrected chi connectivity index (χ1v) is 7.06. The second-order valence-electron chi connectivity index (χ2n) is 5.58. The maximum Gasteiger partial charge on any atom is 0.227 e. The lowest BCUT2D eigenvalue weighted by Gasteiger charge is -2.27. The van der Waals surface area contributed by atoms with Crippen LogP contribution in [-0.2, 0) is 16.1 Å². The van der Waals surface area contributed by atoms with E-state index in [1.807, 2.05) is 12.1 Å². The van der Waals surface area contributed by atoms with Gasteiger partial charge in [-0.1, -0.05) is 36.9 Å². The number of fused-ring (bicyclic) bond motifs is 3. The highest BCUT2D eigenvalue weighted by molar-refractivity contribution is 5.79. The van der Waals surface area contributed by atoms with E-state index in [1.54, 1.807) is 0 Å². The maximum atomic E-state index is 12.0. The average Bonchev–Trinajstić information content (AvgIpc) is 2.68. The molecule has 2 heterocycles. The van der Waals surface area contributed by atoms with Gasteiger partial charge in [0.25, 0.3) is 0 Å². The van der Waals surface area contributed by atoms with Gasteiger partial charge in [0.05, 0.1) is 25.2 Å². The van der Waals surface area contributed by atoms with Crippen molar-refractivity contribution in [3.63, 3.8) is 0 Å². The van der Waals surface area contributed by atoms with Crippen LogP contribution in [0.4, 0.5) is 0 Å². The molecule has 4 heteroatoms. The molecule has 2 saturated heterocycles. The third-order valence-electron chi connectivity index (χ3n) is 3.91. The molecular weight excluding hydrogens is 252 g/mol. The van der Waals surface area contributed by atoms with Crippen molar-refractivity contribution in [2.24, 2.45) is 5.92 Å². The summed E-state index contributed by atoms with van der Waals surface area (Å²) in [6.07, 6.45) is 1.86. The number of carbonyl (C=O) groups excluding carboxylic acids is 1. The van der Waals surface area contributed by atoms with Crippen molar-refractivity contribution in [2.45, 2.75) is 12.6 Å². The van der Waals surface area contributed by atoms with Gasteiger partial charge in [-0.25, -0.2) is 0 Å². The van der Waals surface area contributed by atoms with Crippen molar-refractivity contribution in [3.8, 4) is 0 Å². The number of hydrogen-bond acceptors (Lipinski definition) is 3. The Labute approximate surface area is 119 Å². The van der Waals surface area contributed by atoms with E-state index < -0.39 is 0 Å². The van der Waals surface area contributed by atoms with Crippen molar-refractivity contribution in [1.82, 2.24) is 10.2 Å². The van der Waals surface area contributed by atoms with Crippen LogP contribution < -0.4 is 5.32 Å². The molecule has 0 aliphatic carbocycles. The molecular formula is C16H20N2O2. The molecule has 0 spiro atoms. The molecule has 0 radical (unpaired) electrons. The van der Waals surface area contributed by atoms with Crippen LogP contribution in [0, 0.1) is 5.92 Å². The summed E-state index contributed by atoms with van der Waals surface area (Å²) in [5.41, 5.74) is 2.39. The minimum atomic E-state index is -0.0508. The van der Waals surface area contributed by atoms with E-state index >= 15 is 0 Å². The van der Waals surface area contributed by atoms with E-state index in [2.05, 4.69) is 35.0 Å². The van der Waals surface area contributed by atoms with Crippen molar-refractivity contribution >= 4 is 12.0 Å². The fourth-order valence-electron chi connectivity index (χ4n) is 2.93. The maximum absolute atomic E-state index is 12.0. The fourth-order valence-corrected chi connectivity index (χ4v) is 2.93. The Hall–Kier alpha value is -1.65. The second kappa shape index (κ2) is 5.77. The van der Waals surface area contributed by atoms with E-state index in [0.717, 1.165) is 25.2 Å². The molecule has 2 bridgehead atoms. The molecule has 4 nitrogen and oxygen atoms in total. The standard InChI is InChI=1S/C16H20N2O2/c1-2-12-4-3-5-13(6-12)7-18-8-14-10-20-11-15(9-18)17-16(14)19/h2-6,14-15H,1,7-11H2,(H,17,19)/t14-,15+/m1/s1. The zero-order valence-corrected chi connectivity index (χ0v) is 11.5. The van der Waals surface area contributed by atoms with Crippen LogP contribution in [-0.4, -0.2) is 43.2 Å². The first kappa shape index (κ1) is 13.3. The molecule has 1 N–H and O–H groups in total. The highest BCUT2D eigenvalue weighted by Crippen LogP contribution is 2.17. The van der Waals surface area contributed by atoms with Gasteiger partial charge in [0.1, 0.15) is 0 Å². The summed E-state index contributed by atoms with van der Waals surface area (Å²) < 4.78 is 5.54. The summed E-state index contributed by atoms with van der Waals surface area (Å²) in [4.78, 5) is 14.3. The van der Waals surface area contributed by atoms with Crippen molar-refractivity contribution in [3.05, 3.63) is 42.0 Å². The molecule has 3 rings (SSSR count). The fraction of sp³-hybridized carbons (Fsp3) is 0.438. The number of rotatable bonds is 3. The molecule has 1 aromatic carbocycles. The first-order chi connectivity index (χ1) is 9.74. The zero-order chi connectivity index (χ0) is 13.9. The topological polar surface area (TPSA) is 41.6 Å². The van der Waals surface area contributed by atoms with Crippen molar-refractivity contribution < 1.29 is 9.53 Å². The lowest BCUT2D eigenvalue weighted by atomic mass is 10.1. The first-order valence-electron chi connectivity index (χ1n) is 7.06. The van der Waals surface area contributed by atoms with E-state index in [9.17, 15) is 4.79 Å². The van der Waals surface area contributed by atoms with E-state index in [-0.39, 0.29) is 17.9 Å². The summed E-state index contributed by atoms with van der Waals surface area (Å²) in [5.74, 6) is 0.0833. The molecule has 0 aromatic heterocycles. The third kappa shape index (κ3) is 2.92. The number of amides is 1.